The Morgan fingerprint density at radius 2 is 2.00 bits per heavy atom. The van der Waals surface area contributed by atoms with Gasteiger partial charge in [0, 0.05) is 6.54 Å². The van der Waals surface area contributed by atoms with Crippen LogP contribution in [-0.4, -0.2) is 41.9 Å². The molecule has 0 bridgehead atoms. The molecule has 2 aliphatic rings. The normalized spacial score (nSPS) is 23.1. The highest BCUT2D eigenvalue weighted by atomic mass is 19.4. The number of carbonyl (C=O) groups excluding carboxylic acids is 1. The van der Waals surface area contributed by atoms with Crippen molar-refractivity contribution in [2.75, 3.05) is 13.1 Å². The molecule has 112 valence electrons. The van der Waals surface area contributed by atoms with Gasteiger partial charge in [0.2, 0.25) is 0 Å². The topological polar surface area (TPSA) is 54.3 Å². The molecule has 0 spiro atoms. The third kappa shape index (κ3) is 3.10. The molecule has 1 amide bonds. The summed E-state index contributed by atoms with van der Waals surface area (Å²) in [6.45, 7) is 5.39. The minimum absolute atomic E-state index is 0.0142. The van der Waals surface area contributed by atoms with Crippen LogP contribution in [-0.2, 0) is 4.74 Å². The Balaban J connectivity index is 2.07. The van der Waals surface area contributed by atoms with Crippen LogP contribution < -0.4 is 0 Å². The molecule has 0 saturated carbocycles. The zero-order valence-electron chi connectivity index (χ0n) is 11.5. The van der Waals surface area contributed by atoms with Crippen LogP contribution in [0, 0.1) is 0 Å². The summed E-state index contributed by atoms with van der Waals surface area (Å²) in [5.74, 6) is 0. The molecule has 0 aliphatic carbocycles. The Kier molecular flexibility index (Phi) is 3.51. The number of rotatable bonds is 0. The molecule has 0 aromatic heterocycles. The van der Waals surface area contributed by atoms with Crippen molar-refractivity contribution in [2.24, 2.45) is 10.2 Å². The predicted octanol–water partition coefficient (Wildman–Crippen LogP) is 3.28. The highest BCUT2D eigenvalue weighted by Crippen LogP contribution is 2.38. The lowest BCUT2D eigenvalue weighted by Crippen LogP contribution is -2.41. The second-order valence-electron chi connectivity index (χ2n) is 5.78. The Bertz CT molecular complexity index is 477. The van der Waals surface area contributed by atoms with E-state index in [1.54, 1.807) is 20.8 Å². The summed E-state index contributed by atoms with van der Waals surface area (Å²) in [6, 6.07) is -1.85. The maximum atomic E-state index is 12.7. The smallest absolute Gasteiger partial charge is 0.416 e. The summed E-state index contributed by atoms with van der Waals surface area (Å²) in [4.78, 5) is 13.2. The van der Waals surface area contributed by atoms with E-state index in [1.807, 2.05) is 0 Å². The Labute approximate surface area is 114 Å². The van der Waals surface area contributed by atoms with Crippen LogP contribution in [0.3, 0.4) is 0 Å². The van der Waals surface area contributed by atoms with E-state index in [2.05, 4.69) is 10.2 Å². The maximum absolute atomic E-state index is 12.7. The molecule has 20 heavy (non-hydrogen) atoms. The average molecular weight is 291 g/mol. The fraction of sp³-hybridized carbons (Fsp3) is 0.750. The van der Waals surface area contributed by atoms with Crippen LogP contribution in [0.25, 0.3) is 0 Å². The van der Waals surface area contributed by atoms with Crippen molar-refractivity contribution in [2.45, 2.75) is 45.0 Å². The standard InChI is InChI=1S/C12H16F3N3O2/c1-11(2,3)20-10(19)18-5-4-7-8(6-18)16-17-9(7)12(13,14)15/h9H,4-6H2,1-3H3/t9-/m1/s1. The third-order valence-electron chi connectivity index (χ3n) is 2.95. The first kappa shape index (κ1) is 14.8. The fourth-order valence-electron chi connectivity index (χ4n) is 2.09. The molecule has 0 fully saturated rings. The predicted molar refractivity (Wildman–Crippen MR) is 64.1 cm³/mol. The average Bonchev–Trinajstić information content (AvgIpc) is 2.68. The Hall–Kier alpha value is -1.60. The minimum Gasteiger partial charge on any atom is -0.444 e. The number of nitrogens with zero attached hydrogens (tertiary/aromatic N) is 3. The minimum atomic E-state index is -4.42. The summed E-state index contributed by atoms with van der Waals surface area (Å²) in [5.41, 5.74) is -0.251. The fourth-order valence-corrected chi connectivity index (χ4v) is 2.09. The SMILES string of the molecule is CC(C)(C)OC(=O)N1CCC2=C(C1)N=N[C@H]2C(F)(F)F. The number of azo groups is 1. The van der Waals surface area contributed by atoms with E-state index < -0.39 is 23.9 Å². The number of carbonyl (C=O) groups is 1. The number of amides is 1. The van der Waals surface area contributed by atoms with Gasteiger partial charge in [0.15, 0.2) is 6.04 Å². The molecule has 1 atom stereocenters. The van der Waals surface area contributed by atoms with Crippen molar-refractivity contribution in [3.05, 3.63) is 11.3 Å². The number of alkyl halides is 3. The molecule has 5 nitrogen and oxygen atoms in total. The van der Waals surface area contributed by atoms with Crippen molar-refractivity contribution in [1.29, 1.82) is 0 Å². The van der Waals surface area contributed by atoms with Crippen LogP contribution in [0.1, 0.15) is 27.2 Å². The molecule has 0 unspecified atom stereocenters. The van der Waals surface area contributed by atoms with Gasteiger partial charge in [-0.25, -0.2) is 4.79 Å². The first-order valence-electron chi connectivity index (χ1n) is 6.25. The number of halogens is 3. The highest BCUT2D eigenvalue weighted by Gasteiger charge is 2.47. The molecule has 2 heterocycles. The molecule has 2 rings (SSSR count). The van der Waals surface area contributed by atoms with Crippen molar-refractivity contribution in [1.82, 2.24) is 4.90 Å². The summed E-state index contributed by atoms with van der Waals surface area (Å²) in [6.07, 6.45) is -4.85. The van der Waals surface area contributed by atoms with Crippen LogP contribution >= 0.6 is 0 Å². The van der Waals surface area contributed by atoms with Gasteiger partial charge in [-0.2, -0.15) is 23.4 Å². The summed E-state index contributed by atoms with van der Waals surface area (Å²) < 4.78 is 43.3. The van der Waals surface area contributed by atoms with Gasteiger partial charge in [-0.3, -0.25) is 0 Å². The van der Waals surface area contributed by atoms with Gasteiger partial charge >= 0.3 is 12.3 Å². The molecule has 0 aromatic rings. The van der Waals surface area contributed by atoms with Crippen molar-refractivity contribution >= 4 is 6.09 Å². The summed E-state index contributed by atoms with van der Waals surface area (Å²) in [7, 11) is 0. The van der Waals surface area contributed by atoms with E-state index in [-0.39, 0.29) is 30.8 Å². The summed E-state index contributed by atoms with van der Waals surface area (Å²) >= 11 is 0. The molecular formula is C12H16F3N3O2. The molecule has 0 aromatic carbocycles. The summed E-state index contributed by atoms with van der Waals surface area (Å²) in [5, 5.41) is 6.84. The van der Waals surface area contributed by atoms with Crippen molar-refractivity contribution < 1.29 is 22.7 Å². The van der Waals surface area contributed by atoms with Gasteiger partial charge in [-0.05, 0) is 32.8 Å². The zero-order chi connectivity index (χ0) is 15.1. The zero-order valence-corrected chi connectivity index (χ0v) is 11.5. The van der Waals surface area contributed by atoms with E-state index in [4.69, 9.17) is 4.74 Å². The number of hydrogen-bond donors (Lipinski definition) is 0. The van der Waals surface area contributed by atoms with E-state index in [0.717, 1.165) is 0 Å². The second kappa shape index (κ2) is 4.75. The molecule has 0 saturated heterocycles. The van der Waals surface area contributed by atoms with E-state index in [9.17, 15) is 18.0 Å². The van der Waals surface area contributed by atoms with E-state index in [1.165, 1.54) is 4.90 Å². The van der Waals surface area contributed by atoms with Crippen LogP contribution in [0.2, 0.25) is 0 Å². The van der Waals surface area contributed by atoms with Gasteiger partial charge in [-0.15, -0.1) is 0 Å². The highest BCUT2D eigenvalue weighted by molar-refractivity contribution is 5.69. The molecule has 2 aliphatic heterocycles. The lowest BCUT2D eigenvalue weighted by molar-refractivity contribution is -0.139. The van der Waals surface area contributed by atoms with Gasteiger partial charge < -0.3 is 9.64 Å². The van der Waals surface area contributed by atoms with Gasteiger partial charge in [-0.1, -0.05) is 0 Å². The maximum Gasteiger partial charge on any atom is 0.416 e. The first-order chi connectivity index (χ1) is 9.08. The van der Waals surface area contributed by atoms with E-state index >= 15 is 0 Å². The van der Waals surface area contributed by atoms with Crippen LogP contribution in [0.5, 0.6) is 0 Å². The lowest BCUT2D eigenvalue weighted by atomic mass is 9.99. The van der Waals surface area contributed by atoms with Crippen LogP contribution in [0.15, 0.2) is 21.5 Å². The van der Waals surface area contributed by atoms with Gasteiger partial charge in [0.25, 0.3) is 0 Å². The lowest BCUT2D eigenvalue weighted by Gasteiger charge is -2.30. The van der Waals surface area contributed by atoms with Gasteiger partial charge in [0.05, 0.1) is 12.2 Å². The quantitative estimate of drug-likeness (QED) is 0.687. The van der Waals surface area contributed by atoms with Crippen molar-refractivity contribution in [3.63, 3.8) is 0 Å². The van der Waals surface area contributed by atoms with Crippen LogP contribution in [0.4, 0.5) is 18.0 Å². The molecule has 0 N–H and O–H groups in total. The molecule has 8 heteroatoms. The Morgan fingerprint density at radius 3 is 2.55 bits per heavy atom. The molecular weight excluding hydrogens is 275 g/mol. The largest absolute Gasteiger partial charge is 0.444 e. The van der Waals surface area contributed by atoms with Gasteiger partial charge in [0.1, 0.15) is 5.60 Å². The Morgan fingerprint density at radius 1 is 1.35 bits per heavy atom. The van der Waals surface area contributed by atoms with E-state index in [0.29, 0.717) is 0 Å². The number of hydrogen-bond acceptors (Lipinski definition) is 4. The number of ether oxygens (including phenoxy) is 1. The third-order valence-corrected chi connectivity index (χ3v) is 2.95. The first-order valence-corrected chi connectivity index (χ1v) is 6.25. The second-order valence-corrected chi connectivity index (χ2v) is 5.78. The molecule has 0 radical (unpaired) electrons. The monoisotopic (exact) mass is 291 g/mol. The van der Waals surface area contributed by atoms with Crippen molar-refractivity contribution in [3.8, 4) is 0 Å².